The second-order valence-corrected chi connectivity index (χ2v) is 10.1. The van der Waals surface area contributed by atoms with Gasteiger partial charge < -0.3 is 15.0 Å². The minimum absolute atomic E-state index is 0.00241. The molecule has 0 radical (unpaired) electrons. The molecule has 2 aliphatic rings. The second-order valence-electron chi connectivity index (χ2n) is 7.40. The van der Waals surface area contributed by atoms with E-state index in [4.69, 9.17) is 16.3 Å². The van der Waals surface area contributed by atoms with Gasteiger partial charge in [-0.05, 0) is 43.9 Å². The Hall–Kier alpha value is -1.15. The number of nitrogens with one attached hydrogen (secondary N) is 1. The van der Waals surface area contributed by atoms with Crippen LogP contribution in [0, 0.1) is 0 Å². The van der Waals surface area contributed by atoms with Gasteiger partial charge in [0, 0.05) is 30.3 Å². The fraction of sp³-hybridized carbons (Fsp3) is 0.632. The van der Waals surface area contributed by atoms with Gasteiger partial charge in [-0.25, -0.2) is 8.42 Å². The summed E-state index contributed by atoms with van der Waals surface area (Å²) in [7, 11) is -3.06. The van der Waals surface area contributed by atoms with Gasteiger partial charge in [0.1, 0.15) is 0 Å². The summed E-state index contributed by atoms with van der Waals surface area (Å²) in [5, 5.41) is 3.89. The van der Waals surface area contributed by atoms with E-state index in [0.29, 0.717) is 24.6 Å². The van der Waals surface area contributed by atoms with Crippen LogP contribution in [0.1, 0.15) is 37.8 Å². The van der Waals surface area contributed by atoms with Gasteiger partial charge in [-0.1, -0.05) is 23.7 Å². The molecule has 1 aromatic carbocycles. The highest BCUT2D eigenvalue weighted by Gasteiger charge is 2.36. The summed E-state index contributed by atoms with van der Waals surface area (Å²) in [6.07, 6.45) is 2.41. The summed E-state index contributed by atoms with van der Waals surface area (Å²) < 4.78 is 29.5. The molecule has 2 saturated heterocycles. The third-order valence-electron chi connectivity index (χ3n) is 5.30. The number of hydrogen-bond acceptors (Lipinski definition) is 5. The number of amides is 1. The van der Waals surface area contributed by atoms with E-state index in [1.807, 2.05) is 31.2 Å². The van der Waals surface area contributed by atoms with Crippen molar-refractivity contribution in [2.45, 2.75) is 44.4 Å². The van der Waals surface area contributed by atoms with Crippen molar-refractivity contribution in [1.82, 2.24) is 10.2 Å². The monoisotopic (exact) mass is 414 g/mol. The van der Waals surface area contributed by atoms with E-state index in [2.05, 4.69) is 5.32 Å². The average molecular weight is 415 g/mol. The smallest absolute Gasteiger partial charge is 0.236 e. The molecule has 27 heavy (non-hydrogen) atoms. The predicted molar refractivity (Wildman–Crippen MR) is 106 cm³/mol. The molecular weight excluding hydrogens is 388 g/mol. The molecule has 3 unspecified atom stereocenters. The van der Waals surface area contributed by atoms with E-state index < -0.39 is 9.84 Å². The Bertz CT molecular complexity index is 765. The van der Waals surface area contributed by atoms with Crippen molar-refractivity contribution in [2.24, 2.45) is 0 Å². The first kappa shape index (κ1) is 20.6. The van der Waals surface area contributed by atoms with Gasteiger partial charge in [-0.2, -0.15) is 0 Å². The molecule has 3 atom stereocenters. The number of hydrogen-bond donors (Lipinski definition) is 1. The van der Waals surface area contributed by atoms with Gasteiger partial charge >= 0.3 is 0 Å². The maximum Gasteiger partial charge on any atom is 0.236 e. The SMILES string of the molecule is CC(NCC(=O)N(CC1CCCO1)C1CCS(=O)(=O)C1)c1cccc(Cl)c1. The highest BCUT2D eigenvalue weighted by molar-refractivity contribution is 7.91. The molecule has 150 valence electrons. The number of halogens is 1. The molecule has 0 spiro atoms. The van der Waals surface area contributed by atoms with Crippen molar-refractivity contribution in [1.29, 1.82) is 0 Å². The molecule has 0 aromatic heterocycles. The van der Waals surface area contributed by atoms with Crippen molar-refractivity contribution in [3.05, 3.63) is 34.9 Å². The summed E-state index contributed by atoms with van der Waals surface area (Å²) in [5.74, 6) is 0.121. The minimum atomic E-state index is -3.06. The summed E-state index contributed by atoms with van der Waals surface area (Å²) in [4.78, 5) is 14.6. The van der Waals surface area contributed by atoms with Gasteiger partial charge in [0.05, 0.1) is 24.2 Å². The van der Waals surface area contributed by atoms with E-state index in [9.17, 15) is 13.2 Å². The molecular formula is C19H27ClN2O4S. The highest BCUT2D eigenvalue weighted by atomic mass is 35.5. The lowest BCUT2D eigenvalue weighted by Crippen LogP contribution is -2.48. The second kappa shape index (κ2) is 8.90. The molecule has 2 fully saturated rings. The maximum absolute atomic E-state index is 12.9. The molecule has 0 bridgehead atoms. The van der Waals surface area contributed by atoms with Gasteiger partial charge in [0.25, 0.3) is 0 Å². The van der Waals surface area contributed by atoms with Gasteiger partial charge in [-0.3, -0.25) is 4.79 Å². The van der Waals surface area contributed by atoms with Crippen molar-refractivity contribution in [2.75, 3.05) is 31.2 Å². The zero-order valence-corrected chi connectivity index (χ0v) is 17.1. The normalized spacial score (nSPS) is 25.4. The molecule has 1 aromatic rings. The molecule has 8 heteroatoms. The summed E-state index contributed by atoms with van der Waals surface area (Å²) in [5.41, 5.74) is 1.00. The van der Waals surface area contributed by atoms with Crippen LogP contribution in [0.2, 0.25) is 5.02 Å². The van der Waals surface area contributed by atoms with Crippen LogP contribution < -0.4 is 5.32 Å². The largest absolute Gasteiger partial charge is 0.376 e. The van der Waals surface area contributed by atoms with Crippen LogP contribution in [0.25, 0.3) is 0 Å². The Morgan fingerprint density at radius 3 is 2.85 bits per heavy atom. The first-order valence-corrected chi connectivity index (χ1v) is 11.6. The van der Waals surface area contributed by atoms with Gasteiger partial charge in [0.2, 0.25) is 5.91 Å². The van der Waals surface area contributed by atoms with E-state index >= 15 is 0 Å². The highest BCUT2D eigenvalue weighted by Crippen LogP contribution is 2.22. The van der Waals surface area contributed by atoms with E-state index in [1.54, 1.807) is 4.90 Å². The summed E-state index contributed by atoms with van der Waals surface area (Å²) in [6.45, 7) is 3.30. The molecule has 0 saturated carbocycles. The van der Waals surface area contributed by atoms with Crippen LogP contribution >= 0.6 is 11.6 Å². The number of carbonyl (C=O) groups is 1. The molecule has 3 rings (SSSR count). The maximum atomic E-state index is 12.9. The average Bonchev–Trinajstić information content (AvgIpc) is 3.26. The standard InChI is InChI=1S/C19H27ClN2O4S/c1-14(15-4-2-5-16(20)10-15)21-11-19(23)22(12-18-6-3-8-26-18)17-7-9-27(24,25)13-17/h2,4-5,10,14,17-18,21H,3,6-9,11-13H2,1H3. The molecule has 1 N–H and O–H groups in total. The number of nitrogens with zero attached hydrogens (tertiary/aromatic N) is 1. The quantitative estimate of drug-likeness (QED) is 0.740. The number of ether oxygens (including phenoxy) is 1. The Labute approximate surface area is 166 Å². The zero-order chi connectivity index (χ0) is 19.4. The first-order valence-electron chi connectivity index (χ1n) is 9.44. The third kappa shape index (κ3) is 5.67. The van der Waals surface area contributed by atoms with Crippen LogP contribution in [0.3, 0.4) is 0 Å². The number of carbonyl (C=O) groups excluding carboxylic acids is 1. The lowest BCUT2D eigenvalue weighted by atomic mass is 10.1. The van der Waals surface area contributed by atoms with E-state index in [1.165, 1.54) is 0 Å². The summed E-state index contributed by atoms with van der Waals surface area (Å²) >= 11 is 6.04. The van der Waals surface area contributed by atoms with Crippen molar-refractivity contribution >= 4 is 27.3 Å². The Balaban J connectivity index is 1.63. The Morgan fingerprint density at radius 2 is 2.22 bits per heavy atom. The minimum Gasteiger partial charge on any atom is -0.376 e. The predicted octanol–water partition coefficient (Wildman–Crippen LogP) is 2.19. The third-order valence-corrected chi connectivity index (χ3v) is 7.29. The van der Waals surface area contributed by atoms with Crippen LogP contribution in [0.15, 0.2) is 24.3 Å². The van der Waals surface area contributed by atoms with Crippen LogP contribution in [0.4, 0.5) is 0 Å². The molecule has 1 amide bonds. The van der Waals surface area contributed by atoms with E-state index in [-0.39, 0.29) is 42.1 Å². The van der Waals surface area contributed by atoms with Gasteiger partial charge in [-0.15, -0.1) is 0 Å². The van der Waals surface area contributed by atoms with Crippen molar-refractivity contribution in [3.8, 4) is 0 Å². The Kier molecular flexibility index (Phi) is 6.78. The number of sulfone groups is 1. The molecule has 2 heterocycles. The topological polar surface area (TPSA) is 75.7 Å². The lowest BCUT2D eigenvalue weighted by molar-refractivity contribution is -0.134. The Morgan fingerprint density at radius 1 is 1.41 bits per heavy atom. The zero-order valence-electron chi connectivity index (χ0n) is 15.6. The molecule has 0 aliphatic carbocycles. The van der Waals surface area contributed by atoms with Crippen LogP contribution in [-0.2, 0) is 19.4 Å². The van der Waals surface area contributed by atoms with Crippen molar-refractivity contribution in [3.63, 3.8) is 0 Å². The molecule has 2 aliphatic heterocycles. The van der Waals surface area contributed by atoms with Crippen LogP contribution in [0.5, 0.6) is 0 Å². The lowest BCUT2D eigenvalue weighted by Gasteiger charge is -2.31. The first-order chi connectivity index (χ1) is 12.8. The number of benzene rings is 1. The van der Waals surface area contributed by atoms with Crippen LogP contribution in [-0.4, -0.2) is 62.6 Å². The number of rotatable bonds is 7. The van der Waals surface area contributed by atoms with Crippen molar-refractivity contribution < 1.29 is 17.9 Å². The molecule has 6 nitrogen and oxygen atoms in total. The van der Waals surface area contributed by atoms with Gasteiger partial charge in [0.15, 0.2) is 9.84 Å². The summed E-state index contributed by atoms with van der Waals surface area (Å²) in [6, 6.07) is 7.23. The fourth-order valence-electron chi connectivity index (χ4n) is 3.72. The fourth-order valence-corrected chi connectivity index (χ4v) is 5.65. The van der Waals surface area contributed by atoms with E-state index in [0.717, 1.165) is 18.4 Å².